The summed E-state index contributed by atoms with van der Waals surface area (Å²) in [6.07, 6.45) is 6.11. The maximum Gasteiger partial charge on any atom is 0.163 e. The first-order chi connectivity index (χ1) is 8.33. The van der Waals surface area contributed by atoms with Crippen molar-refractivity contribution in [2.24, 2.45) is 0 Å². The molecule has 0 radical (unpaired) electrons. The summed E-state index contributed by atoms with van der Waals surface area (Å²) in [6, 6.07) is 10.3. The summed E-state index contributed by atoms with van der Waals surface area (Å²) in [5.41, 5.74) is 4.65. The predicted octanol–water partition coefficient (Wildman–Crippen LogP) is 2.80. The summed E-state index contributed by atoms with van der Waals surface area (Å²) >= 11 is 0. The zero-order valence-corrected chi connectivity index (χ0v) is 9.52. The molecule has 0 N–H and O–H groups in total. The van der Waals surface area contributed by atoms with Crippen LogP contribution in [0.15, 0.2) is 42.7 Å². The largest absolute Gasteiger partial charge is 0.294 e. The number of carbonyl (C=O) groups excluding carboxylic acids is 1. The molecule has 0 amide bonds. The van der Waals surface area contributed by atoms with E-state index in [1.54, 1.807) is 0 Å². The standard InChI is InChI=1S/C15H13NO/c17-15-4-2-13-10-12(1-3-14(13)15)9-11-5-7-16-8-6-11/h1,3,5-8,10H,2,4,9H2. The van der Waals surface area contributed by atoms with E-state index in [-0.39, 0.29) is 5.78 Å². The molecule has 3 rings (SSSR count). The molecule has 1 aliphatic carbocycles. The zero-order chi connectivity index (χ0) is 11.7. The van der Waals surface area contributed by atoms with E-state index >= 15 is 0 Å². The average Bonchev–Trinajstić information content (AvgIpc) is 2.72. The van der Waals surface area contributed by atoms with Crippen LogP contribution in [0.3, 0.4) is 0 Å². The van der Waals surface area contributed by atoms with Crippen LogP contribution < -0.4 is 0 Å². The number of pyridine rings is 1. The van der Waals surface area contributed by atoms with Gasteiger partial charge in [0.15, 0.2) is 5.78 Å². The number of benzene rings is 1. The lowest BCUT2D eigenvalue weighted by molar-refractivity contribution is 0.0994. The second-order valence-corrected chi connectivity index (χ2v) is 4.45. The molecule has 0 bridgehead atoms. The van der Waals surface area contributed by atoms with Crippen LogP contribution in [0, 0.1) is 0 Å². The van der Waals surface area contributed by atoms with Gasteiger partial charge in [-0.3, -0.25) is 9.78 Å². The Balaban J connectivity index is 1.88. The van der Waals surface area contributed by atoms with Gasteiger partial charge < -0.3 is 0 Å². The van der Waals surface area contributed by atoms with Gasteiger partial charge in [0.2, 0.25) is 0 Å². The number of hydrogen-bond acceptors (Lipinski definition) is 2. The van der Waals surface area contributed by atoms with Gasteiger partial charge >= 0.3 is 0 Å². The molecule has 17 heavy (non-hydrogen) atoms. The van der Waals surface area contributed by atoms with Gasteiger partial charge in [-0.25, -0.2) is 0 Å². The van der Waals surface area contributed by atoms with Crippen LogP contribution in [0.25, 0.3) is 0 Å². The van der Waals surface area contributed by atoms with Crippen molar-refractivity contribution in [3.05, 3.63) is 65.0 Å². The van der Waals surface area contributed by atoms with Gasteiger partial charge in [0, 0.05) is 24.4 Å². The quantitative estimate of drug-likeness (QED) is 0.783. The summed E-state index contributed by atoms with van der Waals surface area (Å²) < 4.78 is 0. The smallest absolute Gasteiger partial charge is 0.163 e. The third-order valence-corrected chi connectivity index (χ3v) is 3.25. The van der Waals surface area contributed by atoms with Crippen LogP contribution >= 0.6 is 0 Å². The topological polar surface area (TPSA) is 30.0 Å². The first-order valence-corrected chi connectivity index (χ1v) is 5.87. The van der Waals surface area contributed by atoms with Crippen LogP contribution in [0.2, 0.25) is 0 Å². The summed E-state index contributed by atoms with van der Waals surface area (Å²) in [5, 5.41) is 0. The van der Waals surface area contributed by atoms with Gasteiger partial charge in [-0.05, 0) is 41.7 Å². The van der Waals surface area contributed by atoms with Crippen LogP contribution in [0.4, 0.5) is 0 Å². The highest BCUT2D eigenvalue weighted by atomic mass is 16.1. The van der Waals surface area contributed by atoms with Gasteiger partial charge in [-0.15, -0.1) is 0 Å². The molecule has 84 valence electrons. The van der Waals surface area contributed by atoms with E-state index in [1.165, 1.54) is 16.7 Å². The number of ketones is 1. The number of Topliss-reactive ketones (excluding diaryl/α,β-unsaturated/α-hetero) is 1. The maximum atomic E-state index is 11.5. The first kappa shape index (κ1) is 10.2. The highest BCUT2D eigenvalue weighted by molar-refractivity contribution is 6.00. The summed E-state index contributed by atoms with van der Waals surface area (Å²) in [5.74, 6) is 0.287. The number of nitrogens with zero attached hydrogens (tertiary/aromatic N) is 1. The fourth-order valence-electron chi connectivity index (χ4n) is 2.36. The van der Waals surface area contributed by atoms with E-state index in [1.807, 2.05) is 30.6 Å². The summed E-state index contributed by atoms with van der Waals surface area (Å²) in [7, 11) is 0. The maximum absolute atomic E-state index is 11.5. The van der Waals surface area contributed by atoms with Crippen molar-refractivity contribution in [1.82, 2.24) is 4.98 Å². The van der Waals surface area contributed by atoms with Crippen LogP contribution in [-0.4, -0.2) is 10.8 Å². The molecule has 0 aliphatic heterocycles. The minimum absolute atomic E-state index is 0.287. The second-order valence-electron chi connectivity index (χ2n) is 4.45. The third kappa shape index (κ3) is 1.98. The second kappa shape index (κ2) is 4.13. The highest BCUT2D eigenvalue weighted by Crippen LogP contribution is 2.23. The third-order valence-electron chi connectivity index (χ3n) is 3.25. The van der Waals surface area contributed by atoms with Crippen molar-refractivity contribution in [2.75, 3.05) is 0 Å². The molecule has 2 aromatic rings. The summed E-state index contributed by atoms with van der Waals surface area (Å²) in [6.45, 7) is 0. The molecule has 0 spiro atoms. The lowest BCUT2D eigenvalue weighted by Gasteiger charge is -2.04. The molecule has 2 heteroatoms. The molecule has 0 saturated heterocycles. The SMILES string of the molecule is O=C1CCc2cc(Cc3ccncc3)ccc21. The van der Waals surface area contributed by atoms with E-state index < -0.39 is 0 Å². The lowest BCUT2D eigenvalue weighted by atomic mass is 10.0. The van der Waals surface area contributed by atoms with Crippen molar-refractivity contribution in [1.29, 1.82) is 0 Å². The number of rotatable bonds is 2. The van der Waals surface area contributed by atoms with Crippen LogP contribution in [0.5, 0.6) is 0 Å². The lowest BCUT2D eigenvalue weighted by Crippen LogP contribution is -1.93. The normalized spacial score (nSPS) is 13.8. The summed E-state index contributed by atoms with van der Waals surface area (Å²) in [4.78, 5) is 15.5. The Bertz CT molecular complexity index is 560. The van der Waals surface area contributed by atoms with Crippen LogP contribution in [0.1, 0.15) is 33.5 Å². The molecule has 2 nitrogen and oxygen atoms in total. The number of aromatic nitrogens is 1. The number of fused-ring (bicyclic) bond motifs is 1. The van der Waals surface area contributed by atoms with E-state index in [2.05, 4.69) is 17.1 Å². The molecule has 1 aromatic carbocycles. The Morgan fingerprint density at radius 2 is 1.82 bits per heavy atom. The Morgan fingerprint density at radius 1 is 1.00 bits per heavy atom. The fourth-order valence-corrected chi connectivity index (χ4v) is 2.36. The molecule has 1 aliphatic rings. The monoisotopic (exact) mass is 223 g/mol. The number of aryl methyl sites for hydroxylation is 1. The Labute approximate surface area is 100 Å². The molecule has 1 aromatic heterocycles. The zero-order valence-electron chi connectivity index (χ0n) is 9.52. The molecular weight excluding hydrogens is 210 g/mol. The number of hydrogen-bond donors (Lipinski definition) is 0. The molecule has 1 heterocycles. The molecule has 0 atom stereocenters. The van der Waals surface area contributed by atoms with E-state index in [9.17, 15) is 4.79 Å². The Morgan fingerprint density at radius 3 is 2.65 bits per heavy atom. The average molecular weight is 223 g/mol. The minimum atomic E-state index is 0.287. The first-order valence-electron chi connectivity index (χ1n) is 5.87. The van der Waals surface area contributed by atoms with Crippen molar-refractivity contribution < 1.29 is 4.79 Å². The highest BCUT2D eigenvalue weighted by Gasteiger charge is 2.18. The van der Waals surface area contributed by atoms with Gasteiger partial charge in [0.25, 0.3) is 0 Å². The van der Waals surface area contributed by atoms with Gasteiger partial charge in [-0.2, -0.15) is 0 Å². The van der Waals surface area contributed by atoms with Crippen molar-refractivity contribution in [3.8, 4) is 0 Å². The van der Waals surface area contributed by atoms with E-state index in [0.717, 1.165) is 18.4 Å². The van der Waals surface area contributed by atoms with Crippen LogP contribution in [-0.2, 0) is 12.8 Å². The minimum Gasteiger partial charge on any atom is -0.294 e. The molecular formula is C15H13NO. The Kier molecular flexibility index (Phi) is 2.48. The fraction of sp³-hybridized carbons (Fsp3) is 0.200. The van der Waals surface area contributed by atoms with E-state index in [4.69, 9.17) is 0 Å². The van der Waals surface area contributed by atoms with Gasteiger partial charge in [0.05, 0.1) is 0 Å². The van der Waals surface area contributed by atoms with Crippen molar-refractivity contribution in [2.45, 2.75) is 19.3 Å². The Hall–Kier alpha value is -1.96. The predicted molar refractivity (Wildman–Crippen MR) is 66.1 cm³/mol. The molecule has 0 fully saturated rings. The van der Waals surface area contributed by atoms with E-state index in [0.29, 0.717) is 6.42 Å². The number of carbonyl (C=O) groups is 1. The van der Waals surface area contributed by atoms with Crippen molar-refractivity contribution >= 4 is 5.78 Å². The van der Waals surface area contributed by atoms with Gasteiger partial charge in [-0.1, -0.05) is 18.2 Å². The molecule has 0 saturated carbocycles. The van der Waals surface area contributed by atoms with Gasteiger partial charge in [0.1, 0.15) is 0 Å². The molecule has 0 unspecified atom stereocenters. The van der Waals surface area contributed by atoms with Crippen molar-refractivity contribution in [3.63, 3.8) is 0 Å².